The number of carbonyl (C=O) groups excluding carboxylic acids is 2. The molecule has 37 heavy (non-hydrogen) atoms. The standard InChI is InChI=1S/C28H30ClN3O4S/c1-20(21-11-5-4-6-12-21)30-27(33)23-13-7-8-14-26(23)31-28(34)24-19-22(15-16-25(24)29)37(35,36)32-17-9-2-3-10-18-32/h4-8,11-16,19-20H,2-3,9-10,17-18H2,1H3,(H,30,33)(H,31,34). The van der Waals surface area contributed by atoms with Crippen LogP contribution in [0.25, 0.3) is 0 Å². The van der Waals surface area contributed by atoms with Crippen molar-refractivity contribution in [1.29, 1.82) is 0 Å². The second-order valence-corrected chi connectivity index (χ2v) is 11.4. The number of benzene rings is 3. The molecule has 0 radical (unpaired) electrons. The number of amides is 2. The molecule has 1 saturated heterocycles. The van der Waals surface area contributed by atoms with Crippen LogP contribution in [0, 0.1) is 0 Å². The van der Waals surface area contributed by atoms with Gasteiger partial charge in [0.15, 0.2) is 0 Å². The van der Waals surface area contributed by atoms with Gasteiger partial charge in [-0.3, -0.25) is 9.59 Å². The first kappa shape index (κ1) is 26.9. The van der Waals surface area contributed by atoms with Crippen molar-refractivity contribution < 1.29 is 18.0 Å². The summed E-state index contributed by atoms with van der Waals surface area (Å²) in [7, 11) is -3.76. The van der Waals surface area contributed by atoms with Crippen LogP contribution in [0.1, 0.15) is 64.9 Å². The molecule has 3 aromatic rings. The molecule has 0 saturated carbocycles. The van der Waals surface area contributed by atoms with Crippen molar-refractivity contribution in [1.82, 2.24) is 9.62 Å². The monoisotopic (exact) mass is 539 g/mol. The van der Waals surface area contributed by atoms with Gasteiger partial charge >= 0.3 is 0 Å². The number of rotatable bonds is 7. The van der Waals surface area contributed by atoms with Gasteiger partial charge in [0.2, 0.25) is 10.0 Å². The fourth-order valence-electron chi connectivity index (χ4n) is 4.35. The number of para-hydroxylation sites is 1. The molecular weight excluding hydrogens is 510 g/mol. The van der Waals surface area contributed by atoms with Crippen LogP contribution in [-0.4, -0.2) is 37.6 Å². The first-order valence-electron chi connectivity index (χ1n) is 12.3. The third kappa shape index (κ3) is 6.39. The average molecular weight is 540 g/mol. The van der Waals surface area contributed by atoms with Crippen LogP contribution < -0.4 is 10.6 Å². The molecular formula is C28H30ClN3O4S. The zero-order valence-corrected chi connectivity index (χ0v) is 22.2. The summed E-state index contributed by atoms with van der Waals surface area (Å²) >= 11 is 6.31. The quantitative estimate of drug-likeness (QED) is 0.405. The zero-order valence-electron chi connectivity index (χ0n) is 20.6. The van der Waals surface area contributed by atoms with E-state index in [1.54, 1.807) is 24.3 Å². The van der Waals surface area contributed by atoms with Crippen LogP contribution in [0.4, 0.5) is 5.69 Å². The Morgan fingerprint density at radius 2 is 1.49 bits per heavy atom. The smallest absolute Gasteiger partial charge is 0.257 e. The molecule has 1 fully saturated rings. The maximum Gasteiger partial charge on any atom is 0.257 e. The van der Waals surface area contributed by atoms with Gasteiger partial charge < -0.3 is 10.6 Å². The Balaban J connectivity index is 1.55. The number of hydrogen-bond acceptors (Lipinski definition) is 4. The van der Waals surface area contributed by atoms with Gasteiger partial charge in [-0.15, -0.1) is 0 Å². The summed E-state index contributed by atoms with van der Waals surface area (Å²) in [4.78, 5) is 26.3. The van der Waals surface area contributed by atoms with Gasteiger partial charge in [-0.25, -0.2) is 8.42 Å². The molecule has 7 nitrogen and oxygen atoms in total. The highest BCUT2D eigenvalue weighted by Gasteiger charge is 2.27. The Morgan fingerprint density at radius 3 is 2.19 bits per heavy atom. The number of sulfonamides is 1. The SMILES string of the molecule is CC(NC(=O)c1ccccc1NC(=O)c1cc(S(=O)(=O)N2CCCCCC2)ccc1Cl)c1ccccc1. The van der Waals surface area contributed by atoms with E-state index in [0.717, 1.165) is 31.2 Å². The highest BCUT2D eigenvalue weighted by molar-refractivity contribution is 7.89. The number of anilines is 1. The van der Waals surface area contributed by atoms with Crippen molar-refractivity contribution in [3.05, 3.63) is 94.5 Å². The van der Waals surface area contributed by atoms with Gasteiger partial charge in [0.05, 0.1) is 32.8 Å². The molecule has 194 valence electrons. The first-order chi connectivity index (χ1) is 17.8. The predicted molar refractivity (Wildman–Crippen MR) is 145 cm³/mol. The molecule has 4 rings (SSSR count). The highest BCUT2D eigenvalue weighted by Crippen LogP contribution is 2.26. The Hall–Kier alpha value is -3.20. The summed E-state index contributed by atoms with van der Waals surface area (Å²) in [6.45, 7) is 2.79. The number of nitrogens with one attached hydrogen (secondary N) is 2. The molecule has 1 aliphatic heterocycles. The molecule has 1 heterocycles. The third-order valence-electron chi connectivity index (χ3n) is 6.45. The summed E-state index contributed by atoms with van der Waals surface area (Å²) in [6, 6.07) is 20.1. The van der Waals surface area contributed by atoms with Crippen molar-refractivity contribution in [2.75, 3.05) is 18.4 Å². The minimum absolute atomic E-state index is 0.0189. The third-order valence-corrected chi connectivity index (χ3v) is 8.68. The van der Waals surface area contributed by atoms with Crippen LogP contribution in [-0.2, 0) is 10.0 Å². The summed E-state index contributed by atoms with van der Waals surface area (Å²) < 4.78 is 28.0. The van der Waals surface area contributed by atoms with E-state index in [9.17, 15) is 18.0 Å². The Labute approximate surface area is 222 Å². The number of nitrogens with zero attached hydrogens (tertiary/aromatic N) is 1. The molecule has 1 atom stereocenters. The van der Waals surface area contributed by atoms with E-state index in [1.807, 2.05) is 37.3 Å². The molecule has 0 bridgehead atoms. The van der Waals surface area contributed by atoms with E-state index in [4.69, 9.17) is 11.6 Å². The van der Waals surface area contributed by atoms with Crippen LogP contribution in [0.15, 0.2) is 77.7 Å². The van der Waals surface area contributed by atoms with Gasteiger partial charge in [-0.1, -0.05) is 66.9 Å². The second-order valence-electron chi connectivity index (χ2n) is 9.07. The first-order valence-corrected chi connectivity index (χ1v) is 14.1. The Bertz CT molecular complexity index is 1370. The van der Waals surface area contributed by atoms with Crippen LogP contribution >= 0.6 is 11.6 Å². The van der Waals surface area contributed by atoms with Crippen molar-refractivity contribution in [3.8, 4) is 0 Å². The van der Waals surface area contributed by atoms with Crippen molar-refractivity contribution in [2.45, 2.75) is 43.5 Å². The van der Waals surface area contributed by atoms with Gasteiger partial charge in [-0.05, 0) is 55.7 Å². The van der Waals surface area contributed by atoms with E-state index < -0.39 is 15.9 Å². The molecule has 2 N–H and O–H groups in total. The molecule has 0 spiro atoms. The van der Waals surface area contributed by atoms with Gasteiger partial charge in [-0.2, -0.15) is 4.31 Å². The molecule has 0 aromatic heterocycles. The molecule has 2 amide bonds. The van der Waals surface area contributed by atoms with Gasteiger partial charge in [0, 0.05) is 13.1 Å². The summed E-state index contributed by atoms with van der Waals surface area (Å²) in [6.07, 6.45) is 3.61. The Kier molecular flexibility index (Phi) is 8.63. The fourth-order valence-corrected chi connectivity index (χ4v) is 6.10. The maximum absolute atomic E-state index is 13.2. The summed E-state index contributed by atoms with van der Waals surface area (Å²) in [5.41, 5.74) is 1.54. The molecule has 1 unspecified atom stereocenters. The van der Waals surface area contributed by atoms with Crippen LogP contribution in [0.3, 0.4) is 0 Å². The zero-order chi connectivity index (χ0) is 26.4. The van der Waals surface area contributed by atoms with Crippen molar-refractivity contribution in [2.24, 2.45) is 0 Å². The maximum atomic E-state index is 13.2. The van der Waals surface area contributed by atoms with E-state index in [-0.39, 0.29) is 33.0 Å². The molecule has 3 aromatic carbocycles. The topological polar surface area (TPSA) is 95.6 Å². The predicted octanol–water partition coefficient (Wildman–Crippen LogP) is 5.65. The molecule has 9 heteroatoms. The lowest BCUT2D eigenvalue weighted by molar-refractivity contribution is 0.0940. The highest BCUT2D eigenvalue weighted by atomic mass is 35.5. The average Bonchev–Trinajstić information content (AvgIpc) is 3.20. The van der Waals surface area contributed by atoms with E-state index in [1.165, 1.54) is 22.5 Å². The van der Waals surface area contributed by atoms with Crippen LogP contribution in [0.5, 0.6) is 0 Å². The normalized spacial score (nSPS) is 15.4. The minimum atomic E-state index is -3.76. The number of halogens is 1. The minimum Gasteiger partial charge on any atom is -0.345 e. The van der Waals surface area contributed by atoms with Crippen molar-refractivity contribution in [3.63, 3.8) is 0 Å². The van der Waals surface area contributed by atoms with E-state index in [2.05, 4.69) is 10.6 Å². The molecule has 1 aliphatic rings. The molecule has 0 aliphatic carbocycles. The van der Waals surface area contributed by atoms with Crippen LogP contribution in [0.2, 0.25) is 5.02 Å². The Morgan fingerprint density at radius 1 is 0.838 bits per heavy atom. The number of carbonyl (C=O) groups is 2. The second kappa shape index (κ2) is 11.9. The summed E-state index contributed by atoms with van der Waals surface area (Å²) in [5.74, 6) is -0.954. The lowest BCUT2D eigenvalue weighted by atomic mass is 10.1. The van der Waals surface area contributed by atoms with E-state index in [0.29, 0.717) is 18.8 Å². The lowest BCUT2D eigenvalue weighted by Crippen LogP contribution is -2.32. The lowest BCUT2D eigenvalue weighted by Gasteiger charge is -2.20. The van der Waals surface area contributed by atoms with Crippen molar-refractivity contribution >= 4 is 39.1 Å². The summed E-state index contributed by atoms with van der Waals surface area (Å²) in [5, 5.41) is 5.80. The fraction of sp³-hybridized carbons (Fsp3) is 0.286. The van der Waals surface area contributed by atoms with Gasteiger partial charge in [0.25, 0.3) is 11.8 Å². The van der Waals surface area contributed by atoms with Gasteiger partial charge in [0.1, 0.15) is 0 Å². The van der Waals surface area contributed by atoms with E-state index >= 15 is 0 Å². The number of hydrogen-bond donors (Lipinski definition) is 2. The largest absolute Gasteiger partial charge is 0.345 e.